The Morgan fingerprint density at radius 3 is 2.43 bits per heavy atom. The number of nitrogens with one attached hydrogen (secondary N) is 1. The van der Waals surface area contributed by atoms with Gasteiger partial charge in [-0.05, 0) is 57.0 Å². The highest BCUT2D eigenvalue weighted by Gasteiger charge is 2.21. The summed E-state index contributed by atoms with van der Waals surface area (Å²) in [5, 5.41) is 9.72. The number of carbonyl (C=O) groups is 1. The Morgan fingerprint density at radius 2 is 1.73 bits per heavy atom. The number of sulfone groups is 1. The molecule has 0 radical (unpaired) electrons. The lowest BCUT2D eigenvalue weighted by atomic mass is 10.1. The van der Waals surface area contributed by atoms with Gasteiger partial charge in [0.2, 0.25) is 5.88 Å². The van der Waals surface area contributed by atoms with Crippen LogP contribution in [-0.4, -0.2) is 85.5 Å². The standard InChI is InChI=1S/C25H30N6O4S2/c1-37(33,34)19-8-6-18(7-9-19)22(29-31-14-4-5-15-31)23(32)28-25-26-20-10-11-21(27-24(20)36-25)35-17-16-30-12-2-3-13-30/h6-11H,2-5,12-17H2,1H3,(H,26,28,32)/b29-22+. The second kappa shape index (κ2) is 11.1. The van der Waals surface area contributed by atoms with Gasteiger partial charge in [-0.25, -0.2) is 18.4 Å². The molecule has 3 aromatic rings. The van der Waals surface area contributed by atoms with Gasteiger partial charge in [0, 0.05) is 37.5 Å². The summed E-state index contributed by atoms with van der Waals surface area (Å²) in [7, 11) is -3.34. The van der Waals surface area contributed by atoms with Crippen molar-refractivity contribution in [1.29, 1.82) is 0 Å². The monoisotopic (exact) mass is 542 g/mol. The number of thiazole rings is 1. The number of hydrogen-bond donors (Lipinski definition) is 1. The Kier molecular flexibility index (Phi) is 7.68. The van der Waals surface area contributed by atoms with E-state index in [1.165, 1.54) is 36.3 Å². The molecule has 2 aromatic heterocycles. The summed E-state index contributed by atoms with van der Waals surface area (Å²) in [5.74, 6) is 0.121. The number of likely N-dealkylation sites (tertiary alicyclic amines) is 1. The molecule has 0 unspecified atom stereocenters. The molecule has 5 rings (SSSR count). The second-order valence-electron chi connectivity index (χ2n) is 9.25. The van der Waals surface area contributed by atoms with E-state index in [1.54, 1.807) is 18.2 Å². The molecule has 4 heterocycles. The average Bonchev–Trinajstić information content (AvgIpc) is 3.64. The molecule has 1 amide bonds. The number of carbonyl (C=O) groups excluding carboxylic acids is 1. The van der Waals surface area contributed by atoms with Crippen molar-refractivity contribution >= 4 is 48.3 Å². The van der Waals surface area contributed by atoms with Gasteiger partial charge < -0.3 is 4.74 Å². The lowest BCUT2D eigenvalue weighted by Gasteiger charge is -2.14. The molecule has 2 saturated heterocycles. The summed E-state index contributed by atoms with van der Waals surface area (Å²) in [5.41, 5.74) is 1.41. The van der Waals surface area contributed by atoms with Crippen LogP contribution in [0.3, 0.4) is 0 Å². The van der Waals surface area contributed by atoms with Crippen LogP contribution in [0, 0.1) is 0 Å². The van der Waals surface area contributed by atoms with Crippen LogP contribution in [0.5, 0.6) is 5.88 Å². The van der Waals surface area contributed by atoms with E-state index in [1.807, 2.05) is 11.1 Å². The number of pyridine rings is 1. The van der Waals surface area contributed by atoms with Crippen molar-refractivity contribution in [1.82, 2.24) is 19.9 Å². The lowest BCUT2D eigenvalue weighted by molar-refractivity contribution is -0.110. The number of rotatable bonds is 9. The van der Waals surface area contributed by atoms with E-state index in [-0.39, 0.29) is 10.6 Å². The molecule has 2 aliphatic rings. The van der Waals surface area contributed by atoms with Crippen LogP contribution in [-0.2, 0) is 14.6 Å². The van der Waals surface area contributed by atoms with Crippen molar-refractivity contribution in [2.24, 2.45) is 5.10 Å². The Balaban J connectivity index is 1.31. The van der Waals surface area contributed by atoms with Crippen molar-refractivity contribution in [2.75, 3.05) is 50.9 Å². The van der Waals surface area contributed by atoms with Crippen LogP contribution in [0.25, 0.3) is 10.3 Å². The number of benzene rings is 1. The number of ether oxygens (including phenoxy) is 1. The van der Waals surface area contributed by atoms with Gasteiger partial charge in [0.05, 0.1) is 4.90 Å². The first-order valence-electron chi connectivity index (χ1n) is 12.4. The van der Waals surface area contributed by atoms with Crippen LogP contribution in [0.1, 0.15) is 31.2 Å². The van der Waals surface area contributed by atoms with Crippen molar-refractivity contribution in [3.05, 3.63) is 42.0 Å². The van der Waals surface area contributed by atoms with E-state index in [2.05, 4.69) is 25.3 Å². The van der Waals surface area contributed by atoms with Gasteiger partial charge in [-0.2, -0.15) is 5.10 Å². The minimum atomic E-state index is -3.34. The van der Waals surface area contributed by atoms with Gasteiger partial charge in [-0.3, -0.25) is 20.0 Å². The fourth-order valence-electron chi connectivity index (χ4n) is 4.41. The molecule has 1 N–H and O–H groups in total. The maximum absolute atomic E-state index is 13.3. The third-order valence-electron chi connectivity index (χ3n) is 6.40. The molecule has 12 heteroatoms. The smallest absolute Gasteiger partial charge is 0.278 e. The Hall–Kier alpha value is -3.09. The largest absolute Gasteiger partial charge is 0.476 e. The van der Waals surface area contributed by atoms with Crippen molar-refractivity contribution in [3.8, 4) is 5.88 Å². The van der Waals surface area contributed by atoms with Crippen molar-refractivity contribution in [3.63, 3.8) is 0 Å². The zero-order chi connectivity index (χ0) is 25.8. The number of fused-ring (bicyclic) bond motifs is 1. The summed E-state index contributed by atoms with van der Waals surface area (Å²) < 4.78 is 29.5. The molecule has 1 aromatic carbocycles. The molecule has 0 saturated carbocycles. The Labute approximate surface area is 220 Å². The number of amides is 1. The topological polar surface area (TPSA) is 117 Å². The maximum Gasteiger partial charge on any atom is 0.278 e. The average molecular weight is 543 g/mol. The highest BCUT2D eigenvalue weighted by Crippen LogP contribution is 2.27. The number of anilines is 1. The van der Waals surface area contributed by atoms with Crippen molar-refractivity contribution < 1.29 is 17.9 Å². The molecular weight excluding hydrogens is 512 g/mol. The van der Waals surface area contributed by atoms with Crippen molar-refractivity contribution in [2.45, 2.75) is 30.6 Å². The van der Waals surface area contributed by atoms with Crippen LogP contribution >= 0.6 is 11.3 Å². The maximum atomic E-state index is 13.3. The third-order valence-corrected chi connectivity index (χ3v) is 8.41. The van der Waals surface area contributed by atoms with E-state index in [0.717, 1.165) is 51.8 Å². The fraction of sp³-hybridized carbons (Fsp3) is 0.440. The fourth-order valence-corrected chi connectivity index (χ4v) is 5.87. The normalized spacial score (nSPS) is 17.0. The molecule has 0 spiro atoms. The molecule has 2 aliphatic heterocycles. The lowest BCUT2D eigenvalue weighted by Crippen LogP contribution is -2.27. The summed E-state index contributed by atoms with van der Waals surface area (Å²) in [6.45, 7) is 5.24. The number of hydrazone groups is 1. The minimum absolute atomic E-state index is 0.188. The van der Waals surface area contributed by atoms with Crippen LogP contribution in [0.4, 0.5) is 5.13 Å². The zero-order valence-electron chi connectivity index (χ0n) is 20.7. The predicted octanol–water partition coefficient (Wildman–Crippen LogP) is 3.01. The van der Waals surface area contributed by atoms with Gasteiger partial charge in [0.1, 0.15) is 17.0 Å². The van der Waals surface area contributed by atoms with Gasteiger partial charge in [0.15, 0.2) is 20.7 Å². The highest BCUT2D eigenvalue weighted by atomic mass is 32.2. The van der Waals surface area contributed by atoms with Gasteiger partial charge in [0.25, 0.3) is 5.91 Å². The molecule has 2 fully saturated rings. The first-order valence-corrected chi connectivity index (χ1v) is 15.1. The van der Waals surface area contributed by atoms with Gasteiger partial charge in [-0.1, -0.05) is 23.5 Å². The van der Waals surface area contributed by atoms with E-state index in [0.29, 0.717) is 33.5 Å². The molecule has 0 aliphatic carbocycles. The van der Waals surface area contributed by atoms with E-state index < -0.39 is 15.7 Å². The van der Waals surface area contributed by atoms with Crippen LogP contribution in [0.15, 0.2) is 46.4 Å². The van der Waals surface area contributed by atoms with Gasteiger partial charge in [-0.15, -0.1) is 0 Å². The summed E-state index contributed by atoms with van der Waals surface area (Å²) in [6.07, 6.45) is 5.67. The minimum Gasteiger partial charge on any atom is -0.476 e. The van der Waals surface area contributed by atoms with E-state index in [4.69, 9.17) is 4.74 Å². The first kappa shape index (κ1) is 25.6. The summed E-state index contributed by atoms with van der Waals surface area (Å²) in [4.78, 5) is 25.6. The number of hydrogen-bond acceptors (Lipinski definition) is 10. The van der Waals surface area contributed by atoms with Crippen LogP contribution < -0.4 is 10.1 Å². The third kappa shape index (κ3) is 6.43. The molecule has 10 nitrogen and oxygen atoms in total. The van der Waals surface area contributed by atoms with Crippen LogP contribution in [0.2, 0.25) is 0 Å². The summed E-state index contributed by atoms with van der Waals surface area (Å²) in [6, 6.07) is 9.83. The van der Waals surface area contributed by atoms with E-state index >= 15 is 0 Å². The molecule has 0 atom stereocenters. The zero-order valence-corrected chi connectivity index (χ0v) is 22.4. The number of aromatic nitrogens is 2. The van der Waals surface area contributed by atoms with Gasteiger partial charge >= 0.3 is 0 Å². The molecule has 37 heavy (non-hydrogen) atoms. The second-order valence-corrected chi connectivity index (χ2v) is 12.2. The molecular formula is C25H30N6O4S2. The highest BCUT2D eigenvalue weighted by molar-refractivity contribution is 7.90. The first-order chi connectivity index (χ1) is 17.8. The summed E-state index contributed by atoms with van der Waals surface area (Å²) >= 11 is 1.27. The molecule has 196 valence electrons. The molecule has 0 bridgehead atoms. The predicted molar refractivity (Wildman–Crippen MR) is 144 cm³/mol. The number of nitrogens with zero attached hydrogens (tertiary/aromatic N) is 5. The van der Waals surface area contributed by atoms with E-state index in [9.17, 15) is 13.2 Å². The quantitative estimate of drug-likeness (QED) is 0.410. The Bertz CT molecular complexity index is 1390. The SMILES string of the molecule is CS(=O)(=O)c1ccc(/C(=N\N2CCCC2)C(=O)Nc2nc3ccc(OCCN4CCCC4)nc3s2)cc1. The Morgan fingerprint density at radius 1 is 1.03 bits per heavy atom.